The third-order valence-corrected chi connectivity index (χ3v) is 10.1. The number of hydrogen-bond acceptors (Lipinski definition) is 2. The van der Waals surface area contributed by atoms with Crippen LogP contribution in [0, 0.1) is 0 Å². The Morgan fingerprint density at radius 1 is 0.417 bits per heavy atom. The molecule has 0 N–H and O–H groups in total. The van der Waals surface area contributed by atoms with E-state index in [-0.39, 0.29) is 0 Å². The van der Waals surface area contributed by atoms with E-state index in [4.69, 9.17) is 4.98 Å². The summed E-state index contributed by atoms with van der Waals surface area (Å²) in [5.41, 5.74) is 14.1. The summed E-state index contributed by atoms with van der Waals surface area (Å²) >= 11 is 0. The average Bonchev–Trinajstić information content (AvgIpc) is 3.78. The highest BCUT2D eigenvalue weighted by Gasteiger charge is 2.24. The van der Waals surface area contributed by atoms with Gasteiger partial charge in [-0.25, -0.2) is 4.98 Å². The first-order chi connectivity index (χ1) is 23.8. The monoisotopic (exact) mass is 610 g/mol. The fourth-order valence-corrected chi connectivity index (χ4v) is 8.08. The van der Waals surface area contributed by atoms with Gasteiger partial charge in [-0.05, 0) is 94.5 Å². The van der Waals surface area contributed by atoms with Gasteiger partial charge in [-0.1, -0.05) is 78.9 Å². The minimum absolute atomic E-state index is 0.924. The molecule has 0 aliphatic heterocycles. The molecular weight excluding hydrogens is 585 g/mol. The van der Waals surface area contributed by atoms with Crippen LogP contribution in [0.4, 0.5) is 0 Å². The molecule has 1 aliphatic rings. The molecule has 222 valence electrons. The number of benzene rings is 6. The predicted octanol–water partition coefficient (Wildman–Crippen LogP) is 11.1. The maximum absolute atomic E-state index is 5.27. The molecule has 4 nitrogen and oxygen atoms in total. The average molecular weight is 611 g/mol. The summed E-state index contributed by atoms with van der Waals surface area (Å²) in [7, 11) is 0. The molecule has 4 aromatic heterocycles. The Morgan fingerprint density at radius 3 is 1.81 bits per heavy atom. The summed E-state index contributed by atoms with van der Waals surface area (Å²) in [6.45, 7) is 0. The van der Waals surface area contributed by atoms with E-state index < -0.39 is 0 Å². The Kier molecular flexibility index (Phi) is 5.08. The van der Waals surface area contributed by atoms with E-state index in [1.165, 1.54) is 77.0 Å². The number of hydrogen-bond donors (Lipinski definition) is 0. The van der Waals surface area contributed by atoms with Crippen LogP contribution >= 0.6 is 0 Å². The maximum Gasteiger partial charge on any atom is 0.138 e. The second kappa shape index (κ2) is 9.50. The van der Waals surface area contributed by atoms with Gasteiger partial charge in [0.15, 0.2) is 0 Å². The third kappa shape index (κ3) is 3.43. The maximum atomic E-state index is 5.27. The van der Waals surface area contributed by atoms with Crippen molar-refractivity contribution < 1.29 is 0 Å². The number of para-hydroxylation sites is 3. The Bertz CT molecular complexity index is 2950. The molecule has 11 rings (SSSR count). The van der Waals surface area contributed by atoms with Crippen molar-refractivity contribution >= 4 is 54.5 Å². The molecular formula is C44H26N4. The minimum atomic E-state index is 0.924. The predicted molar refractivity (Wildman–Crippen MR) is 198 cm³/mol. The Labute approximate surface area is 275 Å². The van der Waals surface area contributed by atoms with E-state index in [1.54, 1.807) is 0 Å². The Balaban J connectivity index is 1.12. The highest BCUT2D eigenvalue weighted by atomic mass is 15.1. The van der Waals surface area contributed by atoms with Crippen LogP contribution in [0.2, 0.25) is 0 Å². The zero-order chi connectivity index (χ0) is 31.3. The van der Waals surface area contributed by atoms with E-state index in [9.17, 15) is 0 Å². The standard InChI is InChI=1S/C44H26N4/c1-2-9-29(10-3-1)47-39-15-6-4-11-31(39)34-23-27(17-19-41(34)47)28-18-20-42-35(24-28)32-12-5-7-16-40(32)48(42)43-25-36-30-21-22-45-26-37(30)33-13-8-14-38(46-43)44(33)36/h1-26H. The van der Waals surface area contributed by atoms with Crippen molar-refractivity contribution in [3.63, 3.8) is 0 Å². The fourth-order valence-electron chi connectivity index (χ4n) is 8.08. The van der Waals surface area contributed by atoms with Gasteiger partial charge in [0.2, 0.25) is 0 Å². The quantitative estimate of drug-likeness (QED) is 0.199. The van der Waals surface area contributed by atoms with Crippen LogP contribution in [0.1, 0.15) is 0 Å². The molecule has 0 atom stereocenters. The molecule has 0 fully saturated rings. The molecule has 4 heterocycles. The molecule has 48 heavy (non-hydrogen) atoms. The van der Waals surface area contributed by atoms with Gasteiger partial charge >= 0.3 is 0 Å². The largest absolute Gasteiger partial charge is 0.309 e. The lowest BCUT2D eigenvalue weighted by Crippen LogP contribution is -1.98. The van der Waals surface area contributed by atoms with E-state index in [0.29, 0.717) is 0 Å². The van der Waals surface area contributed by atoms with Gasteiger partial charge in [0.1, 0.15) is 5.82 Å². The summed E-state index contributed by atoms with van der Waals surface area (Å²) in [5, 5.41) is 6.14. The first-order valence-corrected chi connectivity index (χ1v) is 16.3. The summed E-state index contributed by atoms with van der Waals surface area (Å²) in [4.78, 5) is 9.71. The molecule has 10 aromatic rings. The lowest BCUT2D eigenvalue weighted by Gasteiger charge is -2.11. The molecule has 0 unspecified atom stereocenters. The number of aromatic nitrogens is 4. The molecule has 6 aromatic carbocycles. The van der Waals surface area contributed by atoms with Gasteiger partial charge in [-0.3, -0.25) is 9.55 Å². The first kappa shape index (κ1) is 25.6. The highest BCUT2D eigenvalue weighted by Crippen LogP contribution is 2.47. The molecule has 0 spiro atoms. The van der Waals surface area contributed by atoms with E-state index in [2.05, 4.69) is 160 Å². The second-order valence-corrected chi connectivity index (χ2v) is 12.7. The van der Waals surface area contributed by atoms with Crippen LogP contribution in [-0.4, -0.2) is 19.1 Å². The van der Waals surface area contributed by atoms with Crippen molar-refractivity contribution in [1.29, 1.82) is 0 Å². The topological polar surface area (TPSA) is 35.6 Å². The summed E-state index contributed by atoms with van der Waals surface area (Å²) in [5.74, 6) is 0.924. The lowest BCUT2D eigenvalue weighted by atomic mass is 10.0. The van der Waals surface area contributed by atoms with E-state index >= 15 is 0 Å². The van der Waals surface area contributed by atoms with Gasteiger partial charge < -0.3 is 4.57 Å². The van der Waals surface area contributed by atoms with Crippen molar-refractivity contribution in [1.82, 2.24) is 19.1 Å². The second-order valence-electron chi connectivity index (χ2n) is 12.7. The zero-order valence-electron chi connectivity index (χ0n) is 25.8. The normalized spacial score (nSPS) is 12.2. The van der Waals surface area contributed by atoms with Crippen LogP contribution in [0.25, 0.3) is 99.4 Å². The number of fused-ring (bicyclic) bond motifs is 9. The Hall–Kier alpha value is -6.52. The lowest BCUT2D eigenvalue weighted by molar-refractivity contribution is 1.10. The van der Waals surface area contributed by atoms with Crippen molar-refractivity contribution in [3.05, 3.63) is 158 Å². The van der Waals surface area contributed by atoms with Crippen molar-refractivity contribution in [2.24, 2.45) is 0 Å². The SMILES string of the molecule is c1ccc(-n2c3ccccc3c3cc(-c4ccc5c(c4)c4ccccc4n5-c4cc5c6c(cccc6n4)-c4cnccc4-5)ccc32)cc1. The van der Waals surface area contributed by atoms with Crippen LogP contribution in [-0.2, 0) is 0 Å². The molecule has 0 radical (unpaired) electrons. The van der Waals surface area contributed by atoms with Crippen molar-refractivity contribution in [3.8, 4) is 44.9 Å². The van der Waals surface area contributed by atoms with E-state index in [1.807, 2.05) is 12.4 Å². The number of rotatable bonds is 3. The summed E-state index contributed by atoms with van der Waals surface area (Å²) in [6.07, 6.45) is 3.86. The van der Waals surface area contributed by atoms with Crippen LogP contribution in [0.15, 0.2) is 158 Å². The van der Waals surface area contributed by atoms with Gasteiger partial charge in [-0.2, -0.15) is 0 Å². The Morgan fingerprint density at radius 2 is 1.06 bits per heavy atom. The zero-order valence-corrected chi connectivity index (χ0v) is 25.8. The molecule has 0 amide bonds. The summed E-state index contributed by atoms with van der Waals surface area (Å²) in [6, 6.07) is 52.6. The molecule has 1 aliphatic carbocycles. The van der Waals surface area contributed by atoms with Crippen molar-refractivity contribution in [2.75, 3.05) is 0 Å². The van der Waals surface area contributed by atoms with Crippen LogP contribution in [0.5, 0.6) is 0 Å². The number of nitrogens with zero attached hydrogens (tertiary/aromatic N) is 4. The fraction of sp³-hybridized carbons (Fsp3) is 0. The van der Waals surface area contributed by atoms with Crippen molar-refractivity contribution in [2.45, 2.75) is 0 Å². The number of pyridine rings is 2. The molecule has 4 heteroatoms. The molecule has 0 bridgehead atoms. The smallest absolute Gasteiger partial charge is 0.138 e. The van der Waals surface area contributed by atoms with E-state index in [0.717, 1.165) is 22.4 Å². The third-order valence-electron chi connectivity index (χ3n) is 10.1. The summed E-state index contributed by atoms with van der Waals surface area (Å²) < 4.78 is 4.69. The van der Waals surface area contributed by atoms with Gasteiger partial charge in [-0.15, -0.1) is 0 Å². The van der Waals surface area contributed by atoms with Gasteiger partial charge in [0.25, 0.3) is 0 Å². The van der Waals surface area contributed by atoms with Gasteiger partial charge in [0.05, 0.1) is 27.6 Å². The highest BCUT2D eigenvalue weighted by molar-refractivity contribution is 6.16. The minimum Gasteiger partial charge on any atom is -0.309 e. The van der Waals surface area contributed by atoms with Gasteiger partial charge in [0, 0.05) is 50.6 Å². The molecule has 0 saturated heterocycles. The molecule has 0 saturated carbocycles. The van der Waals surface area contributed by atoms with Crippen LogP contribution < -0.4 is 0 Å². The van der Waals surface area contributed by atoms with Crippen LogP contribution in [0.3, 0.4) is 0 Å². The first-order valence-electron chi connectivity index (χ1n) is 16.3.